The molecule has 1 saturated carbocycles. The summed E-state index contributed by atoms with van der Waals surface area (Å²) in [5.74, 6) is -1.20. The summed E-state index contributed by atoms with van der Waals surface area (Å²) in [6.45, 7) is 0.963. The number of carbonyl (C=O) groups excluding carboxylic acids is 4. The number of rotatable bonds is 15. The van der Waals surface area contributed by atoms with Gasteiger partial charge < -0.3 is 32.1 Å². The molecule has 12 heteroatoms. The van der Waals surface area contributed by atoms with Gasteiger partial charge in [0.25, 0.3) is 0 Å². The first-order valence-electron chi connectivity index (χ1n) is 16.4. The average Bonchev–Trinajstić information content (AvgIpc) is 3.64. The second-order valence-corrected chi connectivity index (χ2v) is 11.8. The lowest BCUT2D eigenvalue weighted by molar-refractivity contribution is -0.129. The molecule has 3 aromatic carbocycles. The Bertz CT molecular complexity index is 1470. The lowest BCUT2D eigenvalue weighted by Crippen LogP contribution is -2.48. The Labute approximate surface area is 281 Å². The molecule has 0 aliphatic heterocycles. The minimum atomic E-state index is -0.878. The number of hydrogen-bond donors (Lipinski definition) is 7. The maximum absolute atomic E-state index is 13.8. The first kappa shape index (κ1) is 35.5. The largest absolute Gasteiger partial charge is 0.508 e. The van der Waals surface area contributed by atoms with E-state index in [9.17, 15) is 24.3 Å². The Hall–Kier alpha value is -5.39. The number of nitrogens with one attached hydrogen (secondary N) is 5. The number of hydrogen-bond acceptors (Lipinski definition) is 6. The zero-order valence-corrected chi connectivity index (χ0v) is 27.0. The highest BCUT2D eigenvalue weighted by Gasteiger charge is 2.28. The summed E-state index contributed by atoms with van der Waals surface area (Å²) in [6.07, 6.45) is 4.61. The standard InChI is InChI=1S/C36H45N7O5/c37-35(43-36(48)40-23-22-38-32(45)28-14-7-8-15-28)39-21-9-16-30(33(46)41-24-25-17-19-29(44)20-18-25)42-34(47)31(26-10-3-1-4-11-26)27-12-5-2-6-13-27/h1-6,10-13,17-20,28,30-31,44H,7-9,14-16,21-24H2,(H,38,45)(H,41,46)(H,42,47)(H4,37,39,40,43,48)/t30-/m1/s1. The van der Waals surface area contributed by atoms with Crippen molar-refractivity contribution in [3.63, 3.8) is 0 Å². The van der Waals surface area contributed by atoms with Gasteiger partial charge >= 0.3 is 6.03 Å². The maximum atomic E-state index is 13.8. The number of amides is 5. The summed E-state index contributed by atoms with van der Waals surface area (Å²) in [4.78, 5) is 55.7. The number of phenols is 1. The summed E-state index contributed by atoms with van der Waals surface area (Å²) in [5, 5.41) is 23.3. The topological polar surface area (TPSA) is 187 Å². The van der Waals surface area contributed by atoms with Gasteiger partial charge in [0.2, 0.25) is 17.7 Å². The molecule has 4 rings (SSSR count). The third-order valence-corrected chi connectivity index (χ3v) is 8.17. The van der Waals surface area contributed by atoms with Gasteiger partial charge in [0.15, 0.2) is 5.96 Å². The molecule has 0 heterocycles. The van der Waals surface area contributed by atoms with Gasteiger partial charge in [-0.2, -0.15) is 0 Å². The number of urea groups is 1. The van der Waals surface area contributed by atoms with Crippen molar-refractivity contribution in [2.75, 3.05) is 19.6 Å². The van der Waals surface area contributed by atoms with E-state index in [0.29, 0.717) is 13.0 Å². The third-order valence-electron chi connectivity index (χ3n) is 8.17. The summed E-state index contributed by atoms with van der Waals surface area (Å²) in [5.41, 5.74) is 8.28. The predicted octanol–water partition coefficient (Wildman–Crippen LogP) is 3.03. The van der Waals surface area contributed by atoms with Crippen LogP contribution in [0.4, 0.5) is 4.79 Å². The molecule has 0 aromatic heterocycles. The quantitative estimate of drug-likeness (QED) is 0.0749. The van der Waals surface area contributed by atoms with Crippen molar-refractivity contribution in [1.29, 1.82) is 0 Å². The molecule has 5 amide bonds. The first-order chi connectivity index (χ1) is 23.3. The fourth-order valence-corrected chi connectivity index (χ4v) is 5.63. The number of benzene rings is 3. The van der Waals surface area contributed by atoms with Crippen LogP contribution in [0.15, 0.2) is 89.9 Å². The van der Waals surface area contributed by atoms with Gasteiger partial charge in [0.1, 0.15) is 11.8 Å². The molecule has 48 heavy (non-hydrogen) atoms. The highest BCUT2D eigenvalue weighted by Crippen LogP contribution is 2.26. The van der Waals surface area contributed by atoms with E-state index >= 15 is 0 Å². The minimum Gasteiger partial charge on any atom is -0.508 e. The molecular formula is C36H45N7O5. The van der Waals surface area contributed by atoms with E-state index < -0.39 is 18.0 Å². The summed E-state index contributed by atoms with van der Waals surface area (Å²) in [7, 11) is 0. The number of nitrogens with two attached hydrogens (primary N) is 1. The second-order valence-electron chi connectivity index (χ2n) is 11.8. The minimum absolute atomic E-state index is 0.0231. The highest BCUT2D eigenvalue weighted by atomic mass is 16.3. The molecule has 0 unspecified atom stereocenters. The molecule has 1 aliphatic rings. The molecule has 3 aromatic rings. The number of nitrogens with zero attached hydrogens (tertiary/aromatic N) is 1. The zero-order valence-electron chi connectivity index (χ0n) is 27.0. The lowest BCUT2D eigenvalue weighted by atomic mass is 9.90. The average molecular weight is 656 g/mol. The smallest absolute Gasteiger partial charge is 0.321 e. The Morgan fingerprint density at radius 3 is 2.02 bits per heavy atom. The third kappa shape index (κ3) is 11.4. The van der Waals surface area contributed by atoms with Crippen LogP contribution in [-0.2, 0) is 20.9 Å². The zero-order chi connectivity index (χ0) is 34.1. The van der Waals surface area contributed by atoms with Gasteiger partial charge in [0.05, 0.1) is 5.92 Å². The van der Waals surface area contributed by atoms with Crippen LogP contribution in [0.5, 0.6) is 5.75 Å². The molecule has 0 saturated heterocycles. The van der Waals surface area contributed by atoms with E-state index in [1.54, 1.807) is 12.1 Å². The van der Waals surface area contributed by atoms with Crippen LogP contribution >= 0.6 is 0 Å². The summed E-state index contributed by atoms with van der Waals surface area (Å²) >= 11 is 0. The van der Waals surface area contributed by atoms with Gasteiger partial charge in [0, 0.05) is 32.1 Å². The van der Waals surface area contributed by atoms with Crippen LogP contribution in [0.2, 0.25) is 0 Å². The van der Waals surface area contributed by atoms with Crippen molar-refractivity contribution < 1.29 is 24.3 Å². The maximum Gasteiger partial charge on any atom is 0.321 e. The Kier molecular flexibility index (Phi) is 13.8. The van der Waals surface area contributed by atoms with E-state index in [1.807, 2.05) is 60.7 Å². The van der Waals surface area contributed by atoms with Gasteiger partial charge in [-0.25, -0.2) is 4.79 Å². The van der Waals surface area contributed by atoms with E-state index in [2.05, 4.69) is 31.6 Å². The fourth-order valence-electron chi connectivity index (χ4n) is 5.63. The second kappa shape index (κ2) is 18.7. The van der Waals surface area contributed by atoms with Gasteiger partial charge in [-0.15, -0.1) is 0 Å². The van der Waals surface area contributed by atoms with Crippen molar-refractivity contribution >= 4 is 29.7 Å². The first-order valence-corrected chi connectivity index (χ1v) is 16.4. The molecular weight excluding hydrogens is 610 g/mol. The molecule has 0 bridgehead atoms. The Balaban J connectivity index is 1.32. The van der Waals surface area contributed by atoms with Crippen LogP contribution < -0.4 is 32.3 Å². The summed E-state index contributed by atoms with van der Waals surface area (Å²) in [6, 6.07) is 23.8. The van der Waals surface area contributed by atoms with E-state index in [0.717, 1.165) is 42.4 Å². The van der Waals surface area contributed by atoms with Crippen LogP contribution in [0.3, 0.4) is 0 Å². The summed E-state index contributed by atoms with van der Waals surface area (Å²) < 4.78 is 0. The number of carbonyl (C=O) groups is 4. The van der Waals surface area contributed by atoms with Crippen molar-refractivity contribution in [3.8, 4) is 5.75 Å². The van der Waals surface area contributed by atoms with Gasteiger partial charge in [-0.05, 0) is 54.5 Å². The number of aromatic hydroxyl groups is 1. The number of aliphatic imine (C=N–C) groups is 1. The van der Waals surface area contributed by atoms with Crippen LogP contribution in [0.1, 0.15) is 61.1 Å². The van der Waals surface area contributed by atoms with Crippen LogP contribution in [0.25, 0.3) is 0 Å². The molecule has 0 radical (unpaired) electrons. The van der Waals surface area contributed by atoms with Crippen molar-refractivity contribution in [2.45, 2.75) is 57.0 Å². The molecule has 1 fully saturated rings. The Morgan fingerprint density at radius 2 is 1.40 bits per heavy atom. The van der Waals surface area contributed by atoms with Gasteiger partial charge in [-0.3, -0.25) is 24.7 Å². The molecule has 12 nitrogen and oxygen atoms in total. The van der Waals surface area contributed by atoms with Crippen LogP contribution in [-0.4, -0.2) is 60.5 Å². The normalized spacial score (nSPS) is 13.8. The molecule has 8 N–H and O–H groups in total. The van der Waals surface area contributed by atoms with Gasteiger partial charge in [-0.1, -0.05) is 85.6 Å². The SMILES string of the molecule is NC(=NCCC[C@@H](NC(=O)C(c1ccccc1)c1ccccc1)C(=O)NCc1ccc(O)cc1)NC(=O)NCCNC(=O)C1CCCC1. The monoisotopic (exact) mass is 655 g/mol. The molecule has 0 spiro atoms. The van der Waals surface area contributed by atoms with Crippen molar-refractivity contribution in [2.24, 2.45) is 16.6 Å². The van der Waals surface area contributed by atoms with Crippen molar-refractivity contribution in [1.82, 2.24) is 26.6 Å². The number of guanidine groups is 1. The van der Waals surface area contributed by atoms with E-state index in [1.165, 1.54) is 12.1 Å². The molecule has 1 atom stereocenters. The van der Waals surface area contributed by atoms with Crippen molar-refractivity contribution in [3.05, 3.63) is 102 Å². The fraction of sp³-hybridized carbons (Fsp3) is 0.361. The predicted molar refractivity (Wildman–Crippen MR) is 184 cm³/mol. The lowest BCUT2D eigenvalue weighted by Gasteiger charge is -2.23. The van der Waals surface area contributed by atoms with Crippen LogP contribution in [0, 0.1) is 5.92 Å². The van der Waals surface area contributed by atoms with E-state index in [4.69, 9.17) is 5.73 Å². The highest BCUT2D eigenvalue weighted by molar-refractivity contribution is 5.95. The molecule has 254 valence electrons. The van der Waals surface area contributed by atoms with E-state index in [-0.39, 0.29) is 61.4 Å². The Morgan fingerprint density at radius 1 is 0.792 bits per heavy atom. The number of phenolic OH excluding ortho intramolecular Hbond substituents is 1. The molecule has 1 aliphatic carbocycles.